The van der Waals surface area contributed by atoms with E-state index >= 15 is 0 Å². The van der Waals surface area contributed by atoms with Crippen molar-refractivity contribution < 1.29 is 4.79 Å². The molecule has 0 atom stereocenters. The fourth-order valence-corrected chi connectivity index (χ4v) is 2.86. The lowest BCUT2D eigenvalue weighted by Crippen LogP contribution is -2.39. The second kappa shape index (κ2) is 5.96. The molecular weight excluding hydrogens is 307 g/mol. The minimum Gasteiger partial charge on any atom is -0.360 e. The molecule has 0 radical (unpaired) electrons. The lowest BCUT2D eigenvalue weighted by Gasteiger charge is -2.31. The van der Waals surface area contributed by atoms with Crippen molar-refractivity contribution in [3.05, 3.63) is 58.1 Å². The van der Waals surface area contributed by atoms with E-state index < -0.39 is 0 Å². The Morgan fingerprint density at radius 1 is 1.10 bits per heavy atom. The van der Waals surface area contributed by atoms with E-state index in [0.717, 1.165) is 34.9 Å². The number of carbonyl (C=O) groups excluding carboxylic acids is 1. The smallest absolute Gasteiger partial charge is 0.243 e. The van der Waals surface area contributed by atoms with Gasteiger partial charge in [0.2, 0.25) is 5.91 Å². The molecule has 0 fully saturated rings. The van der Waals surface area contributed by atoms with Crippen LogP contribution in [0.15, 0.2) is 42.5 Å². The van der Waals surface area contributed by atoms with E-state index in [1.807, 2.05) is 41.3 Å². The zero-order chi connectivity index (χ0) is 14.8. The highest BCUT2D eigenvalue weighted by atomic mass is 35.5. The summed E-state index contributed by atoms with van der Waals surface area (Å²) in [6, 6.07) is 13.3. The van der Waals surface area contributed by atoms with E-state index in [1.54, 1.807) is 6.07 Å². The van der Waals surface area contributed by atoms with Crippen molar-refractivity contribution in [1.82, 2.24) is 0 Å². The zero-order valence-corrected chi connectivity index (χ0v) is 12.8. The van der Waals surface area contributed by atoms with E-state index in [9.17, 15) is 4.79 Å². The van der Waals surface area contributed by atoms with Crippen LogP contribution in [0.5, 0.6) is 0 Å². The molecule has 1 aliphatic rings. The number of rotatable bonds is 3. The number of halogens is 2. The predicted molar refractivity (Wildman–Crippen MR) is 87.5 cm³/mol. The third kappa shape index (κ3) is 3.31. The SMILES string of the molecule is O=C1CN(CCc2cccc(Cl)c2)c2cc(Cl)ccc2N1. The van der Waals surface area contributed by atoms with Gasteiger partial charge in [-0.05, 0) is 42.3 Å². The van der Waals surface area contributed by atoms with Crippen LogP contribution in [0.2, 0.25) is 10.0 Å². The number of benzene rings is 2. The van der Waals surface area contributed by atoms with E-state index in [4.69, 9.17) is 23.2 Å². The van der Waals surface area contributed by atoms with Gasteiger partial charge in [-0.1, -0.05) is 35.3 Å². The van der Waals surface area contributed by atoms with Gasteiger partial charge in [0.05, 0.1) is 17.9 Å². The number of hydrogen-bond donors (Lipinski definition) is 1. The van der Waals surface area contributed by atoms with Crippen molar-refractivity contribution in [1.29, 1.82) is 0 Å². The molecule has 21 heavy (non-hydrogen) atoms. The van der Waals surface area contributed by atoms with Gasteiger partial charge in [-0.25, -0.2) is 0 Å². The molecule has 3 nitrogen and oxygen atoms in total. The van der Waals surface area contributed by atoms with E-state index in [1.165, 1.54) is 0 Å². The topological polar surface area (TPSA) is 32.3 Å². The molecule has 5 heteroatoms. The van der Waals surface area contributed by atoms with Gasteiger partial charge < -0.3 is 10.2 Å². The maximum absolute atomic E-state index is 11.8. The molecule has 1 amide bonds. The number of nitrogens with zero attached hydrogens (tertiary/aromatic N) is 1. The van der Waals surface area contributed by atoms with Gasteiger partial charge in [0.25, 0.3) is 0 Å². The van der Waals surface area contributed by atoms with Gasteiger partial charge in [0.1, 0.15) is 0 Å². The lowest BCUT2D eigenvalue weighted by molar-refractivity contribution is -0.115. The number of anilines is 2. The Morgan fingerprint density at radius 2 is 1.90 bits per heavy atom. The fourth-order valence-electron chi connectivity index (χ4n) is 2.48. The monoisotopic (exact) mass is 320 g/mol. The first-order chi connectivity index (χ1) is 10.1. The third-order valence-electron chi connectivity index (χ3n) is 3.47. The molecule has 1 N–H and O–H groups in total. The van der Waals surface area contributed by atoms with Crippen molar-refractivity contribution in [3.63, 3.8) is 0 Å². The summed E-state index contributed by atoms with van der Waals surface area (Å²) in [5, 5.41) is 4.26. The highest BCUT2D eigenvalue weighted by molar-refractivity contribution is 6.31. The fraction of sp³-hybridized carbons (Fsp3) is 0.188. The summed E-state index contributed by atoms with van der Waals surface area (Å²) in [7, 11) is 0. The first kappa shape index (κ1) is 14.2. The normalized spacial score (nSPS) is 13.8. The number of amides is 1. The predicted octanol–water partition coefficient (Wildman–Crippen LogP) is 3.99. The van der Waals surface area contributed by atoms with Gasteiger partial charge in [0.15, 0.2) is 0 Å². The van der Waals surface area contributed by atoms with Gasteiger partial charge in [-0.2, -0.15) is 0 Å². The van der Waals surface area contributed by atoms with Crippen molar-refractivity contribution in [2.45, 2.75) is 6.42 Å². The molecule has 0 spiro atoms. The summed E-state index contributed by atoms with van der Waals surface area (Å²) in [6.45, 7) is 1.08. The first-order valence-electron chi connectivity index (χ1n) is 6.70. The Bertz CT molecular complexity index is 688. The second-order valence-electron chi connectivity index (χ2n) is 5.01. The second-order valence-corrected chi connectivity index (χ2v) is 5.88. The molecule has 2 aromatic carbocycles. The third-order valence-corrected chi connectivity index (χ3v) is 3.94. The molecule has 0 aromatic heterocycles. The maximum Gasteiger partial charge on any atom is 0.243 e. The molecule has 2 aromatic rings. The number of carbonyl (C=O) groups is 1. The highest BCUT2D eigenvalue weighted by Gasteiger charge is 2.21. The molecule has 0 aliphatic carbocycles. The van der Waals surface area contributed by atoms with Gasteiger partial charge in [-0.3, -0.25) is 4.79 Å². The van der Waals surface area contributed by atoms with Crippen LogP contribution in [0.25, 0.3) is 0 Å². The molecular formula is C16H14Cl2N2O. The standard InChI is InChI=1S/C16H14Cl2N2O/c17-12-3-1-2-11(8-12)6-7-20-10-16(21)19-14-5-4-13(18)9-15(14)20/h1-5,8-9H,6-7,10H2,(H,19,21). The van der Waals surface area contributed by atoms with Crippen molar-refractivity contribution in [2.75, 3.05) is 23.3 Å². The molecule has 0 bridgehead atoms. The molecule has 0 unspecified atom stereocenters. The summed E-state index contributed by atoms with van der Waals surface area (Å²) in [4.78, 5) is 13.8. The van der Waals surface area contributed by atoms with E-state index in [-0.39, 0.29) is 5.91 Å². The first-order valence-corrected chi connectivity index (χ1v) is 7.46. The van der Waals surface area contributed by atoms with E-state index in [2.05, 4.69) is 5.32 Å². The van der Waals surface area contributed by atoms with Crippen LogP contribution in [0.1, 0.15) is 5.56 Å². The van der Waals surface area contributed by atoms with Crippen LogP contribution in [-0.2, 0) is 11.2 Å². The van der Waals surface area contributed by atoms with Crippen LogP contribution in [0.4, 0.5) is 11.4 Å². The molecule has 1 heterocycles. The highest BCUT2D eigenvalue weighted by Crippen LogP contribution is 2.32. The van der Waals surface area contributed by atoms with Crippen LogP contribution >= 0.6 is 23.2 Å². The minimum absolute atomic E-state index is 0.00378. The Balaban J connectivity index is 1.79. The summed E-state index contributed by atoms with van der Waals surface area (Å²) in [6.07, 6.45) is 0.819. The Labute approximate surface area is 133 Å². The Morgan fingerprint density at radius 3 is 2.71 bits per heavy atom. The van der Waals surface area contributed by atoms with E-state index in [0.29, 0.717) is 11.6 Å². The summed E-state index contributed by atoms with van der Waals surface area (Å²) >= 11 is 12.1. The summed E-state index contributed by atoms with van der Waals surface area (Å²) in [5.74, 6) is -0.00378. The molecule has 0 saturated heterocycles. The molecule has 0 saturated carbocycles. The van der Waals surface area contributed by atoms with Gasteiger partial charge >= 0.3 is 0 Å². The Kier molecular flexibility index (Phi) is 4.04. The molecule has 108 valence electrons. The number of nitrogens with one attached hydrogen (secondary N) is 1. The summed E-state index contributed by atoms with van der Waals surface area (Å²) < 4.78 is 0. The maximum atomic E-state index is 11.8. The lowest BCUT2D eigenvalue weighted by atomic mass is 10.1. The quantitative estimate of drug-likeness (QED) is 0.927. The van der Waals surface area contributed by atoms with Gasteiger partial charge in [0, 0.05) is 16.6 Å². The minimum atomic E-state index is -0.00378. The van der Waals surface area contributed by atoms with Gasteiger partial charge in [-0.15, -0.1) is 0 Å². The average Bonchev–Trinajstić information content (AvgIpc) is 2.45. The van der Waals surface area contributed by atoms with Crippen LogP contribution in [-0.4, -0.2) is 19.0 Å². The largest absolute Gasteiger partial charge is 0.360 e. The van der Waals surface area contributed by atoms with Crippen LogP contribution in [0, 0.1) is 0 Å². The molecule has 1 aliphatic heterocycles. The zero-order valence-electron chi connectivity index (χ0n) is 11.3. The Hall–Kier alpha value is -1.71. The van der Waals surface area contributed by atoms with Crippen LogP contribution < -0.4 is 10.2 Å². The van der Waals surface area contributed by atoms with Crippen molar-refractivity contribution in [3.8, 4) is 0 Å². The van der Waals surface area contributed by atoms with Crippen molar-refractivity contribution in [2.24, 2.45) is 0 Å². The van der Waals surface area contributed by atoms with Crippen molar-refractivity contribution >= 4 is 40.5 Å². The summed E-state index contributed by atoms with van der Waals surface area (Å²) in [5.41, 5.74) is 2.92. The van der Waals surface area contributed by atoms with Crippen LogP contribution in [0.3, 0.4) is 0 Å². The molecule has 3 rings (SSSR count). The number of hydrogen-bond acceptors (Lipinski definition) is 2. The number of fused-ring (bicyclic) bond motifs is 1. The average molecular weight is 321 g/mol.